The highest BCUT2D eigenvalue weighted by molar-refractivity contribution is 5.94. The van der Waals surface area contributed by atoms with E-state index in [1.54, 1.807) is 69.4 Å². The first kappa shape index (κ1) is 19.3. The quantitative estimate of drug-likeness (QED) is 0.828. The summed E-state index contributed by atoms with van der Waals surface area (Å²) in [4.78, 5) is 25.5. The Labute approximate surface area is 153 Å². The van der Waals surface area contributed by atoms with Crippen LogP contribution >= 0.6 is 0 Å². The molecule has 138 valence electrons. The van der Waals surface area contributed by atoms with E-state index < -0.39 is 6.10 Å². The minimum atomic E-state index is -0.654. The van der Waals surface area contributed by atoms with Crippen LogP contribution in [-0.4, -0.2) is 44.0 Å². The number of hydrogen-bond acceptors (Lipinski definition) is 4. The second kappa shape index (κ2) is 8.89. The molecule has 0 radical (unpaired) electrons. The van der Waals surface area contributed by atoms with Gasteiger partial charge in [0.25, 0.3) is 5.91 Å². The number of amides is 2. The number of methoxy groups -OCH3 is 1. The van der Waals surface area contributed by atoms with E-state index in [0.717, 1.165) is 11.3 Å². The zero-order chi connectivity index (χ0) is 19.1. The fourth-order valence-electron chi connectivity index (χ4n) is 2.19. The third kappa shape index (κ3) is 5.51. The molecule has 0 saturated heterocycles. The molecule has 1 atom stereocenters. The zero-order valence-corrected chi connectivity index (χ0v) is 15.5. The van der Waals surface area contributed by atoms with Crippen molar-refractivity contribution in [3.05, 3.63) is 54.1 Å². The normalized spacial score (nSPS) is 11.4. The third-order valence-corrected chi connectivity index (χ3v) is 3.82. The average molecular weight is 356 g/mol. The summed E-state index contributed by atoms with van der Waals surface area (Å²) in [6.07, 6.45) is -0.323. The standard InChI is InChI=1S/C20H24N2O4/c1-14(26-18-11-9-17(25-4)10-12-18)20(24)21-16-7-5-15(6-8-16)13-19(23)22(2)3/h5-12,14H,13H2,1-4H3,(H,21,24). The van der Waals surface area contributed by atoms with Gasteiger partial charge in [-0.3, -0.25) is 9.59 Å². The number of anilines is 1. The number of likely N-dealkylation sites (N-methyl/N-ethyl adjacent to an activating group) is 1. The first-order valence-corrected chi connectivity index (χ1v) is 8.29. The van der Waals surface area contributed by atoms with Gasteiger partial charge in [-0.05, 0) is 48.9 Å². The van der Waals surface area contributed by atoms with Gasteiger partial charge in [0.1, 0.15) is 11.5 Å². The number of nitrogens with one attached hydrogen (secondary N) is 1. The topological polar surface area (TPSA) is 67.9 Å². The van der Waals surface area contributed by atoms with E-state index in [1.165, 1.54) is 0 Å². The summed E-state index contributed by atoms with van der Waals surface area (Å²) < 4.78 is 10.7. The number of hydrogen-bond donors (Lipinski definition) is 1. The minimum absolute atomic E-state index is 0.0308. The highest BCUT2D eigenvalue weighted by Gasteiger charge is 2.15. The Balaban J connectivity index is 1.90. The van der Waals surface area contributed by atoms with Crippen molar-refractivity contribution in [1.82, 2.24) is 4.90 Å². The van der Waals surface area contributed by atoms with Crippen LogP contribution in [0.4, 0.5) is 5.69 Å². The molecule has 2 amide bonds. The lowest BCUT2D eigenvalue weighted by atomic mass is 10.1. The minimum Gasteiger partial charge on any atom is -0.497 e. The molecule has 0 bridgehead atoms. The van der Waals surface area contributed by atoms with Crippen LogP contribution in [0.2, 0.25) is 0 Å². The van der Waals surface area contributed by atoms with E-state index >= 15 is 0 Å². The Hall–Kier alpha value is -3.02. The van der Waals surface area contributed by atoms with Gasteiger partial charge in [0.05, 0.1) is 13.5 Å². The summed E-state index contributed by atoms with van der Waals surface area (Å²) >= 11 is 0. The fourth-order valence-corrected chi connectivity index (χ4v) is 2.19. The van der Waals surface area contributed by atoms with Crippen molar-refractivity contribution in [2.75, 3.05) is 26.5 Å². The van der Waals surface area contributed by atoms with Gasteiger partial charge in [-0.1, -0.05) is 12.1 Å². The molecule has 2 rings (SSSR count). The Morgan fingerprint density at radius 3 is 2.12 bits per heavy atom. The lowest BCUT2D eigenvalue weighted by Gasteiger charge is -2.15. The van der Waals surface area contributed by atoms with Crippen LogP contribution in [-0.2, 0) is 16.0 Å². The summed E-state index contributed by atoms with van der Waals surface area (Å²) in [5, 5.41) is 2.80. The molecule has 1 N–H and O–H groups in total. The van der Waals surface area contributed by atoms with Crippen LogP contribution in [0.15, 0.2) is 48.5 Å². The van der Waals surface area contributed by atoms with Gasteiger partial charge in [0.15, 0.2) is 6.10 Å². The highest BCUT2D eigenvalue weighted by atomic mass is 16.5. The van der Waals surface area contributed by atoms with Crippen molar-refractivity contribution >= 4 is 17.5 Å². The predicted octanol–water partition coefficient (Wildman–Crippen LogP) is 2.73. The molecule has 6 nitrogen and oxygen atoms in total. The second-order valence-corrected chi connectivity index (χ2v) is 6.09. The molecule has 6 heteroatoms. The highest BCUT2D eigenvalue weighted by Crippen LogP contribution is 2.19. The number of ether oxygens (including phenoxy) is 2. The summed E-state index contributed by atoms with van der Waals surface area (Å²) in [7, 11) is 5.04. The summed E-state index contributed by atoms with van der Waals surface area (Å²) in [6, 6.07) is 14.2. The molecule has 0 spiro atoms. The number of rotatable bonds is 7. The van der Waals surface area contributed by atoms with Crippen LogP contribution in [0.1, 0.15) is 12.5 Å². The van der Waals surface area contributed by atoms with E-state index in [2.05, 4.69) is 5.32 Å². The van der Waals surface area contributed by atoms with Crippen molar-refractivity contribution < 1.29 is 19.1 Å². The van der Waals surface area contributed by atoms with Gasteiger partial charge in [-0.2, -0.15) is 0 Å². The molecule has 0 heterocycles. The van der Waals surface area contributed by atoms with Crippen molar-refractivity contribution in [3.8, 4) is 11.5 Å². The SMILES string of the molecule is COc1ccc(OC(C)C(=O)Nc2ccc(CC(=O)N(C)C)cc2)cc1. The zero-order valence-electron chi connectivity index (χ0n) is 15.5. The monoisotopic (exact) mass is 356 g/mol. The molecule has 2 aromatic rings. The molecule has 0 saturated carbocycles. The van der Waals surface area contributed by atoms with Gasteiger partial charge in [0, 0.05) is 19.8 Å². The van der Waals surface area contributed by atoms with E-state index in [1.807, 2.05) is 12.1 Å². The van der Waals surface area contributed by atoms with Crippen LogP contribution in [0, 0.1) is 0 Å². The molecule has 1 unspecified atom stereocenters. The van der Waals surface area contributed by atoms with Crippen LogP contribution in [0.25, 0.3) is 0 Å². The molecular formula is C20H24N2O4. The first-order valence-electron chi connectivity index (χ1n) is 8.29. The third-order valence-electron chi connectivity index (χ3n) is 3.82. The average Bonchev–Trinajstić information content (AvgIpc) is 2.63. The molecule has 0 aliphatic heterocycles. The largest absolute Gasteiger partial charge is 0.497 e. The molecule has 0 aliphatic carbocycles. The maximum absolute atomic E-state index is 12.3. The van der Waals surface area contributed by atoms with Crippen molar-refractivity contribution in [2.45, 2.75) is 19.4 Å². The van der Waals surface area contributed by atoms with E-state index in [4.69, 9.17) is 9.47 Å². The van der Waals surface area contributed by atoms with Crippen molar-refractivity contribution in [1.29, 1.82) is 0 Å². The van der Waals surface area contributed by atoms with Gasteiger partial charge < -0.3 is 19.7 Å². The van der Waals surface area contributed by atoms with Crippen molar-refractivity contribution in [2.24, 2.45) is 0 Å². The van der Waals surface area contributed by atoms with Crippen molar-refractivity contribution in [3.63, 3.8) is 0 Å². The lowest BCUT2D eigenvalue weighted by Crippen LogP contribution is -2.30. The summed E-state index contributed by atoms with van der Waals surface area (Å²) in [6.45, 7) is 1.68. The summed E-state index contributed by atoms with van der Waals surface area (Å²) in [5.41, 5.74) is 1.55. The number of benzene rings is 2. The van der Waals surface area contributed by atoms with Gasteiger partial charge in [-0.15, -0.1) is 0 Å². The van der Waals surface area contributed by atoms with Gasteiger partial charge >= 0.3 is 0 Å². The lowest BCUT2D eigenvalue weighted by molar-refractivity contribution is -0.128. The molecular weight excluding hydrogens is 332 g/mol. The Kier molecular flexibility index (Phi) is 6.60. The van der Waals surface area contributed by atoms with Crippen LogP contribution in [0.3, 0.4) is 0 Å². The second-order valence-electron chi connectivity index (χ2n) is 6.09. The van der Waals surface area contributed by atoms with Crippen LogP contribution < -0.4 is 14.8 Å². The number of carbonyl (C=O) groups excluding carboxylic acids is 2. The smallest absolute Gasteiger partial charge is 0.265 e. The number of carbonyl (C=O) groups is 2. The molecule has 0 aliphatic rings. The Morgan fingerprint density at radius 1 is 1.00 bits per heavy atom. The summed E-state index contributed by atoms with van der Waals surface area (Å²) in [5.74, 6) is 1.09. The molecule has 0 fully saturated rings. The Morgan fingerprint density at radius 2 is 1.58 bits per heavy atom. The number of nitrogens with zero attached hydrogens (tertiary/aromatic N) is 1. The van der Waals surface area contributed by atoms with E-state index in [-0.39, 0.29) is 11.8 Å². The van der Waals surface area contributed by atoms with Gasteiger partial charge in [0.2, 0.25) is 5.91 Å². The first-order chi connectivity index (χ1) is 12.4. The van der Waals surface area contributed by atoms with Crippen LogP contribution in [0.5, 0.6) is 11.5 Å². The Bertz CT molecular complexity index is 739. The van der Waals surface area contributed by atoms with Gasteiger partial charge in [-0.25, -0.2) is 0 Å². The maximum atomic E-state index is 12.3. The molecule has 0 aromatic heterocycles. The fraction of sp³-hybridized carbons (Fsp3) is 0.300. The predicted molar refractivity (Wildman–Crippen MR) is 101 cm³/mol. The van der Waals surface area contributed by atoms with E-state index in [9.17, 15) is 9.59 Å². The molecule has 26 heavy (non-hydrogen) atoms. The molecule has 2 aromatic carbocycles. The maximum Gasteiger partial charge on any atom is 0.265 e. The van der Waals surface area contributed by atoms with E-state index in [0.29, 0.717) is 17.9 Å².